The lowest BCUT2D eigenvalue weighted by atomic mass is 10.2. The number of halogens is 1. The summed E-state index contributed by atoms with van der Waals surface area (Å²) in [7, 11) is 0. The van der Waals surface area contributed by atoms with E-state index in [0.717, 1.165) is 18.1 Å². The van der Waals surface area contributed by atoms with Crippen LogP contribution in [0.15, 0.2) is 30.6 Å². The van der Waals surface area contributed by atoms with E-state index in [1.165, 1.54) is 0 Å². The summed E-state index contributed by atoms with van der Waals surface area (Å²) in [5.41, 5.74) is 0. The third-order valence-electron chi connectivity index (χ3n) is 2.42. The second-order valence-corrected chi connectivity index (χ2v) is 4.93. The summed E-state index contributed by atoms with van der Waals surface area (Å²) in [5.74, 6) is 2.14. The van der Waals surface area contributed by atoms with Crippen molar-refractivity contribution in [3.63, 3.8) is 0 Å². The van der Waals surface area contributed by atoms with Gasteiger partial charge in [-0.25, -0.2) is 9.67 Å². The highest BCUT2D eigenvalue weighted by Gasteiger charge is 2.06. The number of aromatic nitrogens is 3. The molecular formula is C13H16ClN3O. The summed E-state index contributed by atoms with van der Waals surface area (Å²) >= 11 is 5.81. The van der Waals surface area contributed by atoms with Gasteiger partial charge in [0, 0.05) is 11.6 Å². The van der Waals surface area contributed by atoms with Crippen LogP contribution in [0.4, 0.5) is 0 Å². The summed E-state index contributed by atoms with van der Waals surface area (Å²) in [4.78, 5) is 4.20. The first kappa shape index (κ1) is 12.9. The Labute approximate surface area is 112 Å². The van der Waals surface area contributed by atoms with Gasteiger partial charge >= 0.3 is 0 Å². The van der Waals surface area contributed by atoms with Gasteiger partial charge in [-0.05, 0) is 30.2 Å². The Bertz CT molecular complexity index is 493. The molecule has 2 aromatic rings. The molecule has 96 valence electrons. The smallest absolute Gasteiger partial charge is 0.164 e. The molecule has 18 heavy (non-hydrogen) atoms. The third-order valence-corrected chi connectivity index (χ3v) is 2.67. The fourth-order valence-corrected chi connectivity index (χ4v) is 1.70. The van der Waals surface area contributed by atoms with E-state index in [0.29, 0.717) is 17.5 Å². The average molecular weight is 266 g/mol. The van der Waals surface area contributed by atoms with E-state index >= 15 is 0 Å². The second-order valence-electron chi connectivity index (χ2n) is 4.49. The summed E-state index contributed by atoms with van der Waals surface area (Å²) in [5, 5.41) is 4.89. The van der Waals surface area contributed by atoms with Gasteiger partial charge in [-0.2, -0.15) is 5.10 Å². The highest BCUT2D eigenvalue weighted by atomic mass is 35.5. The summed E-state index contributed by atoms with van der Waals surface area (Å²) in [6, 6.07) is 7.28. The normalized spacial score (nSPS) is 10.9. The largest absolute Gasteiger partial charge is 0.486 e. The molecule has 0 N–H and O–H groups in total. The minimum Gasteiger partial charge on any atom is -0.486 e. The predicted molar refractivity (Wildman–Crippen MR) is 70.6 cm³/mol. The molecule has 0 radical (unpaired) electrons. The average Bonchev–Trinajstić information content (AvgIpc) is 2.75. The summed E-state index contributed by atoms with van der Waals surface area (Å²) in [6.07, 6.45) is 1.56. The molecule has 0 spiro atoms. The van der Waals surface area contributed by atoms with Gasteiger partial charge in [-0.1, -0.05) is 25.4 Å². The van der Waals surface area contributed by atoms with Crippen molar-refractivity contribution in [1.29, 1.82) is 0 Å². The van der Waals surface area contributed by atoms with E-state index < -0.39 is 0 Å². The van der Waals surface area contributed by atoms with Crippen molar-refractivity contribution in [2.45, 2.75) is 27.0 Å². The molecule has 5 heteroatoms. The lowest BCUT2D eigenvalue weighted by Gasteiger charge is -2.09. The van der Waals surface area contributed by atoms with Crippen LogP contribution in [-0.4, -0.2) is 14.8 Å². The molecule has 0 aliphatic rings. The van der Waals surface area contributed by atoms with E-state index in [-0.39, 0.29) is 0 Å². The number of hydrogen-bond acceptors (Lipinski definition) is 3. The molecule has 0 bridgehead atoms. The predicted octanol–water partition coefficient (Wildman–Crippen LogP) is 3.17. The Hall–Kier alpha value is -1.55. The van der Waals surface area contributed by atoms with Gasteiger partial charge in [-0.3, -0.25) is 0 Å². The number of nitrogens with zero attached hydrogens (tertiary/aromatic N) is 3. The highest BCUT2D eigenvalue weighted by Crippen LogP contribution is 2.16. The van der Waals surface area contributed by atoms with Crippen LogP contribution in [0.2, 0.25) is 5.02 Å². The number of ether oxygens (including phenoxy) is 1. The summed E-state index contributed by atoms with van der Waals surface area (Å²) in [6.45, 7) is 5.55. The van der Waals surface area contributed by atoms with Crippen molar-refractivity contribution in [3.05, 3.63) is 41.4 Å². The molecule has 1 heterocycles. The number of rotatable bonds is 5. The van der Waals surface area contributed by atoms with E-state index in [9.17, 15) is 0 Å². The van der Waals surface area contributed by atoms with Crippen LogP contribution in [0.5, 0.6) is 5.75 Å². The van der Waals surface area contributed by atoms with Gasteiger partial charge in [0.05, 0.1) is 0 Å². The maximum atomic E-state index is 5.81. The van der Waals surface area contributed by atoms with Crippen LogP contribution >= 0.6 is 11.6 Å². The quantitative estimate of drug-likeness (QED) is 0.834. The van der Waals surface area contributed by atoms with Crippen molar-refractivity contribution in [3.8, 4) is 5.75 Å². The molecular weight excluding hydrogens is 250 g/mol. The fourth-order valence-electron chi connectivity index (χ4n) is 1.58. The van der Waals surface area contributed by atoms with E-state index in [1.54, 1.807) is 18.5 Å². The van der Waals surface area contributed by atoms with Crippen LogP contribution in [0.3, 0.4) is 0 Å². The number of benzene rings is 1. The topological polar surface area (TPSA) is 39.9 Å². The van der Waals surface area contributed by atoms with Crippen molar-refractivity contribution in [2.75, 3.05) is 0 Å². The molecule has 1 aromatic heterocycles. The monoisotopic (exact) mass is 265 g/mol. The van der Waals surface area contributed by atoms with Crippen molar-refractivity contribution < 1.29 is 4.74 Å². The zero-order chi connectivity index (χ0) is 13.0. The third kappa shape index (κ3) is 3.47. The van der Waals surface area contributed by atoms with Crippen LogP contribution in [-0.2, 0) is 13.2 Å². The Morgan fingerprint density at radius 1 is 1.28 bits per heavy atom. The SMILES string of the molecule is CC(C)Cn1ncnc1COc1ccc(Cl)cc1. The maximum Gasteiger partial charge on any atom is 0.164 e. The molecule has 0 atom stereocenters. The first-order valence-corrected chi connectivity index (χ1v) is 6.28. The first-order chi connectivity index (χ1) is 8.65. The van der Waals surface area contributed by atoms with Gasteiger partial charge < -0.3 is 4.74 Å². The Balaban J connectivity index is 1.97. The van der Waals surface area contributed by atoms with Crippen molar-refractivity contribution in [1.82, 2.24) is 14.8 Å². The molecule has 0 aliphatic heterocycles. The Morgan fingerprint density at radius 3 is 2.67 bits per heavy atom. The first-order valence-electron chi connectivity index (χ1n) is 5.90. The van der Waals surface area contributed by atoms with Gasteiger partial charge in [-0.15, -0.1) is 0 Å². The lowest BCUT2D eigenvalue weighted by Crippen LogP contribution is -2.12. The minimum atomic E-state index is 0.411. The standard InChI is InChI=1S/C13H16ClN3O/c1-10(2)7-17-13(15-9-16-17)8-18-12-5-3-11(14)4-6-12/h3-6,9-10H,7-8H2,1-2H3. The molecule has 1 aromatic carbocycles. The van der Waals surface area contributed by atoms with Crippen LogP contribution in [0, 0.1) is 5.92 Å². The van der Waals surface area contributed by atoms with Crippen LogP contribution < -0.4 is 4.74 Å². The van der Waals surface area contributed by atoms with Crippen LogP contribution in [0.1, 0.15) is 19.7 Å². The molecule has 0 fully saturated rings. The zero-order valence-electron chi connectivity index (χ0n) is 10.5. The number of hydrogen-bond donors (Lipinski definition) is 0. The zero-order valence-corrected chi connectivity index (χ0v) is 11.3. The molecule has 2 rings (SSSR count). The van der Waals surface area contributed by atoms with Gasteiger partial charge in [0.15, 0.2) is 5.82 Å². The Kier molecular flexibility index (Phi) is 4.20. The minimum absolute atomic E-state index is 0.411. The van der Waals surface area contributed by atoms with Gasteiger partial charge in [0.2, 0.25) is 0 Å². The molecule has 0 unspecified atom stereocenters. The lowest BCUT2D eigenvalue weighted by molar-refractivity contribution is 0.282. The summed E-state index contributed by atoms with van der Waals surface area (Å²) < 4.78 is 7.52. The molecule has 0 amide bonds. The van der Waals surface area contributed by atoms with Crippen LogP contribution in [0.25, 0.3) is 0 Å². The van der Waals surface area contributed by atoms with E-state index in [4.69, 9.17) is 16.3 Å². The van der Waals surface area contributed by atoms with Crippen molar-refractivity contribution in [2.24, 2.45) is 5.92 Å². The highest BCUT2D eigenvalue weighted by molar-refractivity contribution is 6.30. The molecule has 0 saturated heterocycles. The van der Waals surface area contributed by atoms with Gasteiger partial charge in [0.25, 0.3) is 0 Å². The Morgan fingerprint density at radius 2 is 2.00 bits per heavy atom. The van der Waals surface area contributed by atoms with E-state index in [1.807, 2.05) is 16.8 Å². The molecule has 0 saturated carbocycles. The van der Waals surface area contributed by atoms with Crippen molar-refractivity contribution >= 4 is 11.6 Å². The van der Waals surface area contributed by atoms with Gasteiger partial charge in [0.1, 0.15) is 18.7 Å². The fraction of sp³-hybridized carbons (Fsp3) is 0.385. The maximum absolute atomic E-state index is 5.81. The molecule has 4 nitrogen and oxygen atoms in total. The molecule has 0 aliphatic carbocycles. The second kappa shape index (κ2) is 5.87. The van der Waals surface area contributed by atoms with E-state index in [2.05, 4.69) is 23.9 Å².